The topological polar surface area (TPSA) is 51.0 Å². The van der Waals surface area contributed by atoms with Crippen molar-refractivity contribution in [1.29, 1.82) is 0 Å². The lowest BCUT2D eigenvalue weighted by Crippen LogP contribution is -2.39. The maximum atomic E-state index is 12.8. The van der Waals surface area contributed by atoms with Crippen molar-refractivity contribution in [3.8, 4) is 0 Å². The van der Waals surface area contributed by atoms with Crippen molar-refractivity contribution < 1.29 is 4.79 Å². The second-order valence-electron chi connectivity index (χ2n) is 6.62. The van der Waals surface area contributed by atoms with Gasteiger partial charge in [0.05, 0.1) is 17.4 Å². The van der Waals surface area contributed by atoms with Crippen LogP contribution in [0, 0.1) is 20.8 Å². The monoisotopic (exact) mass is 326 g/mol. The van der Waals surface area contributed by atoms with E-state index in [0.29, 0.717) is 13.0 Å². The van der Waals surface area contributed by atoms with Gasteiger partial charge in [-0.05, 0) is 57.7 Å². The molecule has 1 unspecified atom stereocenters. The summed E-state index contributed by atoms with van der Waals surface area (Å²) in [6.07, 6.45) is 5.54. The predicted molar refractivity (Wildman–Crippen MR) is 93.6 cm³/mol. The number of pyridine rings is 1. The van der Waals surface area contributed by atoms with Crippen molar-refractivity contribution in [2.75, 3.05) is 6.54 Å². The summed E-state index contributed by atoms with van der Waals surface area (Å²) in [5.41, 5.74) is 4.42. The number of hydrogen-bond acceptors (Lipinski definition) is 3. The minimum atomic E-state index is 0.120. The molecule has 0 spiro atoms. The van der Waals surface area contributed by atoms with E-state index in [2.05, 4.69) is 23.9 Å². The molecule has 3 rings (SSSR count). The fraction of sp³-hybridized carbons (Fsp3) is 0.526. The molecule has 1 atom stereocenters. The van der Waals surface area contributed by atoms with E-state index in [1.54, 1.807) is 0 Å². The van der Waals surface area contributed by atoms with E-state index in [4.69, 9.17) is 0 Å². The average Bonchev–Trinajstić information content (AvgIpc) is 2.87. The van der Waals surface area contributed by atoms with Crippen molar-refractivity contribution in [3.63, 3.8) is 0 Å². The normalized spacial score (nSPS) is 18.0. The van der Waals surface area contributed by atoms with Crippen LogP contribution in [0.4, 0.5) is 0 Å². The van der Waals surface area contributed by atoms with Crippen molar-refractivity contribution in [1.82, 2.24) is 19.7 Å². The third kappa shape index (κ3) is 3.35. The van der Waals surface area contributed by atoms with Crippen LogP contribution in [0.15, 0.2) is 24.4 Å². The molecular weight excluding hydrogens is 300 g/mol. The number of aromatic nitrogens is 3. The molecule has 2 aromatic heterocycles. The Morgan fingerprint density at radius 3 is 2.75 bits per heavy atom. The number of hydrogen-bond donors (Lipinski definition) is 0. The molecule has 0 radical (unpaired) electrons. The molecule has 1 aliphatic heterocycles. The second-order valence-corrected chi connectivity index (χ2v) is 6.62. The van der Waals surface area contributed by atoms with Crippen LogP contribution in [0.3, 0.4) is 0 Å². The summed E-state index contributed by atoms with van der Waals surface area (Å²) in [5, 5.41) is 4.54. The molecule has 1 saturated heterocycles. The van der Waals surface area contributed by atoms with Crippen LogP contribution in [-0.4, -0.2) is 32.1 Å². The van der Waals surface area contributed by atoms with Gasteiger partial charge in [-0.1, -0.05) is 6.07 Å². The summed E-state index contributed by atoms with van der Waals surface area (Å²) < 4.78 is 1.96. The Bertz CT molecular complexity index is 708. The van der Waals surface area contributed by atoms with Gasteiger partial charge in [0, 0.05) is 31.4 Å². The highest BCUT2D eigenvalue weighted by Crippen LogP contribution is 2.30. The molecule has 0 N–H and O–H groups in total. The fourth-order valence-electron chi connectivity index (χ4n) is 3.46. The van der Waals surface area contributed by atoms with Gasteiger partial charge in [-0.3, -0.25) is 14.5 Å². The maximum absolute atomic E-state index is 12.8. The summed E-state index contributed by atoms with van der Waals surface area (Å²) >= 11 is 0. The van der Waals surface area contributed by atoms with E-state index >= 15 is 0 Å². The van der Waals surface area contributed by atoms with E-state index in [9.17, 15) is 4.79 Å². The zero-order valence-corrected chi connectivity index (χ0v) is 14.8. The summed E-state index contributed by atoms with van der Waals surface area (Å²) in [7, 11) is 0. The van der Waals surface area contributed by atoms with E-state index in [0.717, 1.165) is 42.9 Å². The maximum Gasteiger partial charge on any atom is 0.224 e. The summed E-state index contributed by atoms with van der Waals surface area (Å²) in [4.78, 5) is 19.3. The first-order valence-electron chi connectivity index (χ1n) is 8.79. The first-order chi connectivity index (χ1) is 11.6. The lowest BCUT2D eigenvalue weighted by Gasteiger charge is -2.35. The van der Waals surface area contributed by atoms with Gasteiger partial charge in [0.1, 0.15) is 0 Å². The molecule has 2 aromatic rings. The quantitative estimate of drug-likeness (QED) is 0.866. The average molecular weight is 326 g/mol. The van der Waals surface area contributed by atoms with Crippen LogP contribution in [0.1, 0.15) is 54.4 Å². The van der Waals surface area contributed by atoms with Gasteiger partial charge < -0.3 is 4.90 Å². The van der Waals surface area contributed by atoms with Crippen LogP contribution in [0.5, 0.6) is 0 Å². The van der Waals surface area contributed by atoms with Crippen molar-refractivity contribution in [2.45, 2.75) is 59.0 Å². The Morgan fingerprint density at radius 1 is 1.25 bits per heavy atom. The summed E-state index contributed by atoms with van der Waals surface area (Å²) in [6.45, 7) is 7.64. The van der Waals surface area contributed by atoms with Crippen LogP contribution in [0.25, 0.3) is 0 Å². The highest BCUT2D eigenvalue weighted by molar-refractivity contribution is 5.76. The van der Waals surface area contributed by atoms with Crippen molar-refractivity contribution >= 4 is 5.91 Å². The Hall–Kier alpha value is -2.17. The van der Waals surface area contributed by atoms with E-state index in [-0.39, 0.29) is 11.9 Å². The molecule has 0 aliphatic carbocycles. The Balaban J connectivity index is 1.69. The standard InChI is InChI=1S/C19H26N4O/c1-14-15(2)21-23(16(14)3)13-10-19(24)22-12-7-5-9-18(22)17-8-4-6-11-20-17/h4,6,8,11,18H,5,7,9-10,12-13H2,1-3H3. The number of carbonyl (C=O) groups is 1. The number of nitrogens with zero attached hydrogens (tertiary/aromatic N) is 4. The molecule has 128 valence electrons. The number of amides is 1. The summed E-state index contributed by atoms with van der Waals surface area (Å²) in [6, 6.07) is 6.07. The largest absolute Gasteiger partial charge is 0.334 e. The third-order valence-corrected chi connectivity index (χ3v) is 5.13. The number of carbonyl (C=O) groups excluding carboxylic acids is 1. The smallest absolute Gasteiger partial charge is 0.224 e. The number of piperidine rings is 1. The molecule has 5 heteroatoms. The SMILES string of the molecule is Cc1nn(CCC(=O)N2CCCCC2c2ccccn2)c(C)c1C. The number of aryl methyl sites for hydroxylation is 2. The van der Waals surface area contributed by atoms with Crippen molar-refractivity contribution in [3.05, 3.63) is 47.0 Å². The van der Waals surface area contributed by atoms with Gasteiger partial charge in [-0.15, -0.1) is 0 Å². The first kappa shape index (κ1) is 16.7. The zero-order valence-electron chi connectivity index (χ0n) is 14.8. The molecule has 3 heterocycles. The highest BCUT2D eigenvalue weighted by Gasteiger charge is 2.28. The minimum absolute atomic E-state index is 0.120. The third-order valence-electron chi connectivity index (χ3n) is 5.13. The molecule has 1 amide bonds. The summed E-state index contributed by atoms with van der Waals surface area (Å²) in [5.74, 6) is 0.204. The van der Waals surface area contributed by atoms with Crippen LogP contribution < -0.4 is 0 Å². The first-order valence-corrected chi connectivity index (χ1v) is 8.79. The number of likely N-dealkylation sites (tertiary alicyclic amines) is 1. The Kier molecular flexibility index (Phi) is 4.97. The molecule has 0 aromatic carbocycles. The van der Waals surface area contributed by atoms with Crippen molar-refractivity contribution in [2.24, 2.45) is 0 Å². The van der Waals surface area contributed by atoms with Crippen LogP contribution in [-0.2, 0) is 11.3 Å². The van der Waals surface area contributed by atoms with Gasteiger partial charge in [0.2, 0.25) is 5.91 Å². The fourth-order valence-corrected chi connectivity index (χ4v) is 3.46. The molecule has 24 heavy (non-hydrogen) atoms. The lowest BCUT2D eigenvalue weighted by molar-refractivity contribution is -0.135. The van der Waals surface area contributed by atoms with E-state index in [1.165, 1.54) is 5.56 Å². The predicted octanol–water partition coefficient (Wildman–Crippen LogP) is 3.35. The van der Waals surface area contributed by atoms with Gasteiger partial charge >= 0.3 is 0 Å². The molecule has 1 fully saturated rings. The van der Waals surface area contributed by atoms with Gasteiger partial charge in [0.25, 0.3) is 0 Å². The van der Waals surface area contributed by atoms with Gasteiger partial charge in [-0.25, -0.2) is 0 Å². The van der Waals surface area contributed by atoms with E-state index in [1.807, 2.05) is 40.9 Å². The van der Waals surface area contributed by atoms with Crippen LogP contribution in [0.2, 0.25) is 0 Å². The molecule has 0 saturated carbocycles. The molecular formula is C19H26N4O. The molecule has 0 bridgehead atoms. The molecule has 1 aliphatic rings. The van der Waals surface area contributed by atoms with Gasteiger partial charge in [-0.2, -0.15) is 5.10 Å². The minimum Gasteiger partial charge on any atom is -0.334 e. The van der Waals surface area contributed by atoms with E-state index < -0.39 is 0 Å². The molecule has 5 nitrogen and oxygen atoms in total. The Labute approximate surface area is 143 Å². The van der Waals surface area contributed by atoms with Gasteiger partial charge in [0.15, 0.2) is 0 Å². The Morgan fingerprint density at radius 2 is 2.08 bits per heavy atom. The number of rotatable bonds is 4. The second kappa shape index (κ2) is 7.16. The highest BCUT2D eigenvalue weighted by atomic mass is 16.2. The lowest BCUT2D eigenvalue weighted by atomic mass is 9.98. The van der Waals surface area contributed by atoms with Crippen LogP contribution >= 0.6 is 0 Å². The zero-order chi connectivity index (χ0) is 17.1.